The molecule has 9 heteroatoms. The highest BCUT2D eigenvalue weighted by molar-refractivity contribution is 6.33. The second kappa shape index (κ2) is 9.27. The molecule has 0 radical (unpaired) electrons. The van der Waals surface area contributed by atoms with Crippen LogP contribution in [0.3, 0.4) is 0 Å². The number of hydrogen-bond donors (Lipinski definition) is 2. The molecule has 2 aromatic rings. The number of esters is 1. The lowest BCUT2D eigenvalue weighted by Gasteiger charge is -2.12. The maximum absolute atomic E-state index is 13.2. The molecule has 2 N–H and O–H groups in total. The van der Waals surface area contributed by atoms with Crippen LogP contribution in [0.15, 0.2) is 30.3 Å². The van der Waals surface area contributed by atoms with Gasteiger partial charge in [-0.25, -0.2) is 13.6 Å². The Hall–Kier alpha value is -3.00. The highest BCUT2D eigenvalue weighted by Gasteiger charge is 2.18. The van der Waals surface area contributed by atoms with Gasteiger partial charge in [-0.05, 0) is 37.1 Å². The predicted molar refractivity (Wildman–Crippen MR) is 99.2 cm³/mol. The highest BCUT2D eigenvalue weighted by Crippen LogP contribution is 2.21. The lowest BCUT2D eigenvalue weighted by Crippen LogP contribution is -2.35. The van der Waals surface area contributed by atoms with E-state index in [2.05, 4.69) is 10.6 Å². The van der Waals surface area contributed by atoms with Gasteiger partial charge in [-0.2, -0.15) is 0 Å². The van der Waals surface area contributed by atoms with E-state index in [1.54, 1.807) is 0 Å². The molecule has 2 rings (SSSR count). The first-order valence-electron chi connectivity index (χ1n) is 8.13. The summed E-state index contributed by atoms with van der Waals surface area (Å²) in [6.45, 7) is 2.62. The fraction of sp³-hybridized carbons (Fsp3) is 0.211. The van der Waals surface area contributed by atoms with Crippen LogP contribution in [0.2, 0.25) is 5.02 Å². The van der Waals surface area contributed by atoms with Crippen molar-refractivity contribution in [2.24, 2.45) is 0 Å². The molecular weight excluding hydrogens is 394 g/mol. The zero-order valence-corrected chi connectivity index (χ0v) is 15.8. The Kier molecular flexibility index (Phi) is 7.06. The molecule has 0 bridgehead atoms. The van der Waals surface area contributed by atoms with Gasteiger partial charge in [0.25, 0.3) is 5.91 Å². The summed E-state index contributed by atoms with van der Waals surface area (Å²) in [5.41, 5.74) is 1.98. The molecule has 0 spiro atoms. The third-order valence-corrected chi connectivity index (χ3v) is 4.07. The van der Waals surface area contributed by atoms with E-state index in [9.17, 15) is 23.2 Å². The van der Waals surface area contributed by atoms with E-state index in [-0.39, 0.29) is 11.6 Å². The number of carbonyl (C=O) groups is 3. The van der Waals surface area contributed by atoms with Gasteiger partial charge in [0.15, 0.2) is 18.2 Å². The Morgan fingerprint density at radius 2 is 1.64 bits per heavy atom. The summed E-state index contributed by atoms with van der Waals surface area (Å²) >= 11 is 5.66. The van der Waals surface area contributed by atoms with Gasteiger partial charge in [-0.15, -0.1) is 0 Å². The predicted octanol–water partition coefficient (Wildman–Crippen LogP) is 3.15. The number of rotatable bonds is 6. The van der Waals surface area contributed by atoms with Crippen molar-refractivity contribution >= 4 is 35.1 Å². The van der Waals surface area contributed by atoms with Crippen molar-refractivity contribution in [2.45, 2.75) is 13.8 Å². The molecule has 148 valence electrons. The van der Waals surface area contributed by atoms with Gasteiger partial charge >= 0.3 is 5.97 Å². The van der Waals surface area contributed by atoms with Crippen LogP contribution in [-0.4, -0.2) is 30.9 Å². The van der Waals surface area contributed by atoms with Crippen LogP contribution in [0.1, 0.15) is 21.5 Å². The molecule has 0 aliphatic carbocycles. The minimum Gasteiger partial charge on any atom is -0.452 e. The normalized spacial score (nSPS) is 10.3. The first-order valence-corrected chi connectivity index (χ1v) is 8.51. The van der Waals surface area contributed by atoms with Gasteiger partial charge in [-0.3, -0.25) is 9.59 Å². The third-order valence-electron chi connectivity index (χ3n) is 3.76. The third kappa shape index (κ3) is 5.50. The summed E-state index contributed by atoms with van der Waals surface area (Å²) in [5, 5.41) is 4.63. The van der Waals surface area contributed by atoms with Crippen LogP contribution in [0, 0.1) is 25.5 Å². The van der Waals surface area contributed by atoms with Gasteiger partial charge in [0.1, 0.15) is 0 Å². The summed E-state index contributed by atoms with van der Waals surface area (Å²) in [4.78, 5) is 35.5. The summed E-state index contributed by atoms with van der Waals surface area (Å²) < 4.78 is 30.9. The van der Waals surface area contributed by atoms with Crippen molar-refractivity contribution in [3.63, 3.8) is 0 Å². The number of carbonyl (C=O) groups excluding carboxylic acids is 3. The van der Waals surface area contributed by atoms with Gasteiger partial charge in [-0.1, -0.05) is 29.8 Å². The second-order valence-corrected chi connectivity index (χ2v) is 6.32. The topological polar surface area (TPSA) is 84.5 Å². The molecule has 0 saturated carbocycles. The number of nitrogens with one attached hydrogen (secondary N) is 2. The molecular formula is C19H17ClF2N2O4. The Morgan fingerprint density at radius 1 is 1.04 bits per heavy atom. The van der Waals surface area contributed by atoms with Crippen LogP contribution in [0.4, 0.5) is 14.5 Å². The number of ether oxygens (including phenoxy) is 1. The molecule has 0 aliphatic rings. The maximum atomic E-state index is 13.2. The molecule has 6 nitrogen and oxygen atoms in total. The quantitative estimate of drug-likeness (QED) is 0.566. The fourth-order valence-electron chi connectivity index (χ4n) is 2.31. The van der Waals surface area contributed by atoms with E-state index in [0.29, 0.717) is 17.8 Å². The van der Waals surface area contributed by atoms with Gasteiger partial charge in [0.2, 0.25) is 5.91 Å². The highest BCUT2D eigenvalue weighted by atomic mass is 35.5. The number of amides is 2. The lowest BCUT2D eigenvalue weighted by atomic mass is 10.1. The second-order valence-electron chi connectivity index (χ2n) is 5.91. The summed E-state index contributed by atoms with van der Waals surface area (Å²) in [6.07, 6.45) is 0. The Balaban J connectivity index is 1.83. The molecule has 0 heterocycles. The number of anilines is 1. The van der Waals surface area contributed by atoms with E-state index in [0.717, 1.165) is 11.1 Å². The summed E-state index contributed by atoms with van der Waals surface area (Å²) in [5.74, 6) is -4.79. The van der Waals surface area contributed by atoms with Gasteiger partial charge in [0, 0.05) is 5.69 Å². The van der Waals surface area contributed by atoms with Crippen LogP contribution >= 0.6 is 11.6 Å². The van der Waals surface area contributed by atoms with Crippen LogP contribution in [0.25, 0.3) is 0 Å². The molecule has 0 fully saturated rings. The minimum absolute atomic E-state index is 0.337. The van der Waals surface area contributed by atoms with E-state index < -0.39 is 41.6 Å². The Morgan fingerprint density at radius 3 is 2.29 bits per heavy atom. The van der Waals surface area contributed by atoms with Gasteiger partial charge in [0.05, 0.1) is 17.1 Å². The largest absolute Gasteiger partial charge is 0.452 e. The van der Waals surface area contributed by atoms with E-state index in [1.807, 2.05) is 32.0 Å². The molecule has 2 aromatic carbocycles. The number of para-hydroxylation sites is 1. The monoisotopic (exact) mass is 410 g/mol. The average Bonchev–Trinajstić information content (AvgIpc) is 2.64. The standard InChI is InChI=1S/C19H17ClF2N2O4/c1-10-4-3-5-11(2)18(10)24-16(25)8-23-17(26)9-28-19(27)12-6-14(21)15(22)7-13(12)20/h3-7H,8-9H2,1-2H3,(H,23,26)(H,24,25). The smallest absolute Gasteiger partial charge is 0.340 e. The molecule has 0 aliphatic heterocycles. The Bertz CT molecular complexity index is 914. The van der Waals surface area contributed by atoms with Crippen molar-refractivity contribution < 1.29 is 27.9 Å². The number of hydrogen-bond acceptors (Lipinski definition) is 4. The fourth-order valence-corrected chi connectivity index (χ4v) is 2.54. The van der Waals surface area contributed by atoms with Crippen LogP contribution in [0.5, 0.6) is 0 Å². The molecule has 0 aromatic heterocycles. The molecule has 0 saturated heterocycles. The SMILES string of the molecule is Cc1cccc(C)c1NC(=O)CNC(=O)COC(=O)c1cc(F)c(F)cc1Cl. The van der Waals surface area contributed by atoms with Crippen molar-refractivity contribution in [3.8, 4) is 0 Å². The summed E-state index contributed by atoms with van der Waals surface area (Å²) in [7, 11) is 0. The molecule has 2 amide bonds. The number of aryl methyl sites for hydroxylation is 2. The van der Waals surface area contributed by atoms with E-state index in [4.69, 9.17) is 16.3 Å². The molecule has 0 atom stereocenters. The zero-order valence-electron chi connectivity index (χ0n) is 15.1. The van der Waals surface area contributed by atoms with Gasteiger partial charge < -0.3 is 15.4 Å². The molecule has 28 heavy (non-hydrogen) atoms. The first-order chi connectivity index (χ1) is 13.2. The minimum atomic E-state index is -1.27. The van der Waals surface area contributed by atoms with Crippen LogP contribution in [-0.2, 0) is 14.3 Å². The average molecular weight is 411 g/mol. The van der Waals surface area contributed by atoms with Crippen molar-refractivity contribution in [1.82, 2.24) is 5.32 Å². The lowest BCUT2D eigenvalue weighted by molar-refractivity contribution is -0.126. The van der Waals surface area contributed by atoms with Crippen molar-refractivity contribution in [2.75, 3.05) is 18.5 Å². The van der Waals surface area contributed by atoms with E-state index in [1.165, 1.54) is 0 Å². The van der Waals surface area contributed by atoms with E-state index >= 15 is 0 Å². The summed E-state index contributed by atoms with van der Waals surface area (Å²) in [6, 6.07) is 6.74. The first kappa shape index (κ1) is 21.3. The Labute approximate surface area is 164 Å². The van der Waals surface area contributed by atoms with Crippen molar-refractivity contribution in [1.29, 1.82) is 0 Å². The number of benzene rings is 2. The zero-order chi connectivity index (χ0) is 20.8. The maximum Gasteiger partial charge on any atom is 0.340 e. The van der Waals surface area contributed by atoms with Crippen LogP contribution < -0.4 is 10.6 Å². The molecule has 0 unspecified atom stereocenters. The van der Waals surface area contributed by atoms with Crippen molar-refractivity contribution in [3.05, 3.63) is 63.7 Å². The number of halogens is 3.